The molecule has 1 atom stereocenters. The van der Waals surface area contributed by atoms with Gasteiger partial charge in [0, 0.05) is 5.56 Å². The summed E-state index contributed by atoms with van der Waals surface area (Å²) in [4.78, 5) is 13.8. The van der Waals surface area contributed by atoms with Gasteiger partial charge in [-0.25, -0.2) is 0 Å². The second kappa shape index (κ2) is 10.6. The molecule has 0 aliphatic rings. The number of rotatable bonds is 8. The van der Waals surface area contributed by atoms with Gasteiger partial charge in [-0.05, 0) is 42.0 Å². The third kappa shape index (κ3) is 4.61. The van der Waals surface area contributed by atoms with Gasteiger partial charge >= 0.3 is 0 Å². The molecule has 0 N–H and O–H groups in total. The quantitative estimate of drug-likeness (QED) is 0.176. The summed E-state index contributed by atoms with van der Waals surface area (Å²) in [5.41, 5.74) is 1.95. The maximum atomic E-state index is 13.8. The van der Waals surface area contributed by atoms with E-state index in [0.717, 1.165) is 5.56 Å². The van der Waals surface area contributed by atoms with Crippen molar-refractivity contribution in [1.82, 2.24) is 0 Å². The van der Waals surface area contributed by atoms with Crippen LogP contribution in [0.15, 0.2) is 152 Å². The van der Waals surface area contributed by atoms with Gasteiger partial charge < -0.3 is 0 Å². The Morgan fingerprint density at radius 1 is 0.486 bits per heavy atom. The Balaban J connectivity index is 1.82. The average Bonchev–Trinajstić information content (AvgIpc) is 2.95. The molecule has 0 heterocycles. The number of ketones is 1. The first-order valence-corrected chi connectivity index (χ1v) is 13.8. The summed E-state index contributed by atoms with van der Waals surface area (Å²) >= 11 is 0. The van der Waals surface area contributed by atoms with Crippen LogP contribution in [0.3, 0.4) is 0 Å². The molecule has 5 rings (SSSR count). The molecular weight excluding hydrogens is 443 g/mol. The van der Waals surface area contributed by atoms with E-state index in [1.54, 1.807) is 0 Å². The van der Waals surface area contributed by atoms with Crippen LogP contribution in [0.1, 0.15) is 28.0 Å². The molecule has 0 bridgehead atoms. The lowest BCUT2D eigenvalue weighted by molar-refractivity contribution is 0.0981. The minimum atomic E-state index is -2.28. The van der Waals surface area contributed by atoms with E-state index < -0.39 is 7.26 Å². The van der Waals surface area contributed by atoms with Crippen molar-refractivity contribution in [2.45, 2.75) is 12.1 Å². The molecule has 0 aliphatic carbocycles. The van der Waals surface area contributed by atoms with Gasteiger partial charge in [0.2, 0.25) is 0 Å². The molecule has 5 aromatic carbocycles. The van der Waals surface area contributed by atoms with E-state index in [0.29, 0.717) is 6.42 Å². The van der Waals surface area contributed by atoms with E-state index in [-0.39, 0.29) is 11.4 Å². The summed E-state index contributed by atoms with van der Waals surface area (Å²) in [6, 6.07) is 52.7. The van der Waals surface area contributed by atoms with Crippen LogP contribution in [-0.4, -0.2) is 5.78 Å². The second-order valence-electron chi connectivity index (χ2n) is 8.65. The van der Waals surface area contributed by atoms with E-state index in [4.69, 9.17) is 0 Å². The smallest absolute Gasteiger partial charge is 0.167 e. The number of carbonyl (C=O) groups excluding carboxylic acids is 1. The monoisotopic (exact) mass is 471 g/mol. The van der Waals surface area contributed by atoms with Gasteiger partial charge in [0.05, 0.1) is 6.42 Å². The van der Waals surface area contributed by atoms with Crippen molar-refractivity contribution >= 4 is 29.0 Å². The average molecular weight is 472 g/mol. The summed E-state index contributed by atoms with van der Waals surface area (Å²) in [6.45, 7) is 0. The minimum Gasteiger partial charge on any atom is -0.294 e. The van der Waals surface area contributed by atoms with E-state index in [1.165, 1.54) is 21.5 Å². The molecule has 0 saturated carbocycles. The molecule has 0 fully saturated rings. The number of carbonyl (C=O) groups is 1. The Bertz CT molecular complexity index is 1260. The highest BCUT2D eigenvalue weighted by atomic mass is 31.2. The molecule has 0 radical (unpaired) electrons. The van der Waals surface area contributed by atoms with Gasteiger partial charge in [-0.2, -0.15) is 0 Å². The largest absolute Gasteiger partial charge is 0.294 e. The lowest BCUT2D eigenvalue weighted by Gasteiger charge is -2.35. The number of Topliss-reactive ketones (excluding diaryl/α,β-unsaturated/α-hetero) is 1. The van der Waals surface area contributed by atoms with Gasteiger partial charge in [0.25, 0.3) is 0 Å². The van der Waals surface area contributed by atoms with E-state index in [2.05, 4.69) is 115 Å². The van der Waals surface area contributed by atoms with Gasteiger partial charge in [0.15, 0.2) is 5.78 Å². The Morgan fingerprint density at radius 3 is 1.23 bits per heavy atom. The summed E-state index contributed by atoms with van der Waals surface area (Å²) in [6.07, 6.45) is 0.431. The lowest BCUT2D eigenvalue weighted by Crippen LogP contribution is -2.36. The molecule has 0 spiro atoms. The molecule has 0 aromatic heterocycles. The van der Waals surface area contributed by atoms with Crippen molar-refractivity contribution in [3.05, 3.63) is 163 Å². The second-order valence-corrected chi connectivity index (χ2v) is 12.3. The molecule has 1 unspecified atom stereocenters. The van der Waals surface area contributed by atoms with Crippen LogP contribution in [0.2, 0.25) is 0 Å². The SMILES string of the molecule is O=C(CC(c1ccccc1)[P+](c1ccccc1)(c1ccccc1)c1ccccc1)c1ccccc1. The Labute approximate surface area is 208 Å². The zero-order valence-corrected chi connectivity index (χ0v) is 20.5. The zero-order chi connectivity index (χ0) is 23.9. The first-order valence-electron chi connectivity index (χ1n) is 12.0. The number of hydrogen-bond acceptors (Lipinski definition) is 1. The first kappa shape index (κ1) is 23.0. The van der Waals surface area contributed by atoms with Crippen molar-refractivity contribution in [3.8, 4) is 0 Å². The maximum Gasteiger partial charge on any atom is 0.167 e. The lowest BCUT2D eigenvalue weighted by atomic mass is 10.0. The fraction of sp³-hybridized carbons (Fsp3) is 0.0606. The Kier molecular flexibility index (Phi) is 6.98. The van der Waals surface area contributed by atoms with Crippen LogP contribution in [-0.2, 0) is 0 Å². The normalized spacial score (nSPS) is 12.1. The number of hydrogen-bond donors (Lipinski definition) is 0. The van der Waals surface area contributed by atoms with Crippen LogP contribution < -0.4 is 15.9 Å². The predicted octanol–water partition coefficient (Wildman–Crippen LogP) is 6.99. The minimum absolute atomic E-state index is 0.0105. The molecule has 2 heteroatoms. The van der Waals surface area contributed by atoms with Crippen LogP contribution in [0, 0.1) is 0 Å². The molecular formula is C33H28OP+. The van der Waals surface area contributed by atoms with Crippen LogP contribution in [0.5, 0.6) is 0 Å². The van der Waals surface area contributed by atoms with E-state index >= 15 is 0 Å². The Morgan fingerprint density at radius 2 is 0.829 bits per heavy atom. The van der Waals surface area contributed by atoms with Crippen LogP contribution in [0.4, 0.5) is 0 Å². The third-order valence-electron chi connectivity index (χ3n) is 6.62. The molecule has 0 saturated heterocycles. The summed E-state index contributed by atoms with van der Waals surface area (Å²) in [7, 11) is -2.28. The van der Waals surface area contributed by atoms with Gasteiger partial charge in [-0.3, -0.25) is 4.79 Å². The van der Waals surface area contributed by atoms with Crippen molar-refractivity contribution in [1.29, 1.82) is 0 Å². The van der Waals surface area contributed by atoms with Crippen LogP contribution in [0.25, 0.3) is 0 Å². The summed E-state index contributed by atoms with van der Waals surface area (Å²) in [5, 5.41) is 3.85. The molecule has 0 aliphatic heterocycles. The van der Waals surface area contributed by atoms with Crippen molar-refractivity contribution in [2.24, 2.45) is 0 Å². The highest BCUT2D eigenvalue weighted by Gasteiger charge is 2.53. The zero-order valence-electron chi connectivity index (χ0n) is 19.6. The van der Waals surface area contributed by atoms with Gasteiger partial charge in [-0.1, -0.05) is 115 Å². The molecule has 0 amide bonds. The van der Waals surface area contributed by atoms with Crippen molar-refractivity contribution < 1.29 is 4.79 Å². The molecule has 35 heavy (non-hydrogen) atoms. The van der Waals surface area contributed by atoms with E-state index in [1.807, 2.05) is 36.4 Å². The third-order valence-corrected chi connectivity index (χ3v) is 11.4. The van der Waals surface area contributed by atoms with Crippen molar-refractivity contribution in [3.63, 3.8) is 0 Å². The number of benzene rings is 5. The van der Waals surface area contributed by atoms with Crippen LogP contribution >= 0.6 is 7.26 Å². The highest BCUT2D eigenvalue weighted by Crippen LogP contribution is 2.68. The molecule has 170 valence electrons. The topological polar surface area (TPSA) is 17.1 Å². The van der Waals surface area contributed by atoms with Gasteiger partial charge in [-0.15, -0.1) is 0 Å². The van der Waals surface area contributed by atoms with Gasteiger partial charge in [0.1, 0.15) is 28.8 Å². The highest BCUT2D eigenvalue weighted by molar-refractivity contribution is 7.96. The fourth-order valence-electron chi connectivity index (χ4n) is 5.05. The van der Waals surface area contributed by atoms with E-state index in [9.17, 15) is 4.79 Å². The predicted molar refractivity (Wildman–Crippen MR) is 150 cm³/mol. The standard InChI is InChI=1S/C33H28OP/c34-32(27-16-6-1-7-17-27)26-33(28-18-8-2-9-19-28)35(29-20-10-3-11-21-29,30-22-12-4-13-23-30)31-24-14-5-15-25-31/h1-25,33H,26H2/q+1. The van der Waals surface area contributed by atoms with Crippen molar-refractivity contribution in [2.75, 3.05) is 0 Å². The maximum absolute atomic E-state index is 13.8. The molecule has 5 aromatic rings. The summed E-state index contributed by atoms with van der Waals surface area (Å²) < 4.78 is 0. The first-order chi connectivity index (χ1) is 17.3. The fourth-order valence-corrected chi connectivity index (χ4v) is 10.0. The molecule has 1 nitrogen and oxygen atoms in total. The summed E-state index contributed by atoms with van der Waals surface area (Å²) in [5.74, 6) is 0.173. The Hall–Kier alpha value is -3.80.